The summed E-state index contributed by atoms with van der Waals surface area (Å²) >= 11 is 7.03. The molecule has 2 aromatic heterocycles. The summed E-state index contributed by atoms with van der Waals surface area (Å²) in [7, 11) is 0. The van der Waals surface area contributed by atoms with Gasteiger partial charge in [0.2, 0.25) is 0 Å². The Morgan fingerprint density at radius 1 is 1.10 bits per heavy atom. The van der Waals surface area contributed by atoms with Gasteiger partial charge >= 0.3 is 0 Å². The minimum atomic E-state index is 0.260. The Balaban J connectivity index is 1.71. The van der Waals surface area contributed by atoms with Crippen LogP contribution >= 0.6 is 38.6 Å². The van der Waals surface area contributed by atoms with E-state index in [9.17, 15) is 4.79 Å². The van der Waals surface area contributed by atoms with Crippen LogP contribution in [0.15, 0.2) is 0 Å². The Kier molecular flexibility index (Phi) is 4.71. The van der Waals surface area contributed by atoms with Gasteiger partial charge in [-0.25, -0.2) is 0 Å². The van der Waals surface area contributed by atoms with Crippen LogP contribution < -0.4 is 0 Å². The van der Waals surface area contributed by atoms with Crippen LogP contribution in [0.4, 0.5) is 0 Å². The zero-order valence-electron chi connectivity index (χ0n) is 12.5. The van der Waals surface area contributed by atoms with Crippen LogP contribution in [-0.2, 0) is 6.54 Å². The molecule has 2 aromatic rings. The average molecular weight is 386 g/mol. The second-order valence-electron chi connectivity index (χ2n) is 5.66. The van der Waals surface area contributed by atoms with Gasteiger partial charge in [-0.3, -0.25) is 4.79 Å². The molecular formula is C16H20BrNOS2. The topological polar surface area (TPSA) is 20.3 Å². The molecule has 0 aliphatic carbocycles. The van der Waals surface area contributed by atoms with E-state index in [1.807, 2.05) is 16.2 Å². The minimum absolute atomic E-state index is 0.260. The van der Waals surface area contributed by atoms with E-state index in [0.29, 0.717) is 0 Å². The molecule has 0 N–H and O–H groups in total. The first kappa shape index (κ1) is 15.5. The van der Waals surface area contributed by atoms with Gasteiger partial charge in [-0.15, -0.1) is 22.7 Å². The molecule has 2 nitrogen and oxygen atoms in total. The van der Waals surface area contributed by atoms with E-state index in [-0.39, 0.29) is 5.91 Å². The van der Waals surface area contributed by atoms with Crippen molar-refractivity contribution in [3.8, 4) is 0 Å². The van der Waals surface area contributed by atoms with Crippen LogP contribution in [0, 0.1) is 13.8 Å². The fraction of sp³-hybridized carbons (Fsp3) is 0.562. The maximum Gasteiger partial charge on any atom is 0.264 e. The SMILES string of the molecule is Cc1sc(C)c2c3c(sc12)C(=O)N(CCCCCCBr)C3. The van der Waals surface area contributed by atoms with Crippen molar-refractivity contribution in [1.29, 1.82) is 0 Å². The summed E-state index contributed by atoms with van der Waals surface area (Å²) in [5.74, 6) is 0.260. The van der Waals surface area contributed by atoms with Crippen molar-refractivity contribution >= 4 is 54.6 Å². The highest BCUT2D eigenvalue weighted by atomic mass is 79.9. The number of hydrogen-bond donors (Lipinski definition) is 0. The van der Waals surface area contributed by atoms with E-state index in [0.717, 1.165) is 29.7 Å². The van der Waals surface area contributed by atoms with Crippen LogP contribution in [0.25, 0.3) is 10.1 Å². The highest BCUT2D eigenvalue weighted by Gasteiger charge is 2.32. The summed E-state index contributed by atoms with van der Waals surface area (Å²) in [4.78, 5) is 18.3. The fourth-order valence-electron chi connectivity index (χ4n) is 3.07. The first-order chi connectivity index (χ1) is 10.1. The second-order valence-corrected chi connectivity index (χ2v) is 8.90. The molecule has 114 valence electrons. The van der Waals surface area contributed by atoms with E-state index < -0.39 is 0 Å². The summed E-state index contributed by atoms with van der Waals surface area (Å²) < 4.78 is 1.34. The normalized spacial score (nSPS) is 14.4. The summed E-state index contributed by atoms with van der Waals surface area (Å²) in [6.45, 7) is 6.08. The predicted octanol–water partition coefficient (Wildman–Crippen LogP) is 5.49. The molecule has 0 unspecified atom stereocenters. The van der Waals surface area contributed by atoms with Gasteiger partial charge in [0.05, 0.1) is 4.88 Å². The van der Waals surface area contributed by atoms with Crippen molar-refractivity contribution in [3.63, 3.8) is 0 Å². The van der Waals surface area contributed by atoms with Crippen molar-refractivity contribution in [3.05, 3.63) is 20.2 Å². The summed E-state index contributed by atoms with van der Waals surface area (Å²) in [6, 6.07) is 0. The number of halogens is 1. The summed E-state index contributed by atoms with van der Waals surface area (Å²) in [5.41, 5.74) is 1.29. The third kappa shape index (κ3) is 2.80. The highest BCUT2D eigenvalue weighted by molar-refractivity contribution is 9.09. The van der Waals surface area contributed by atoms with Crippen LogP contribution in [0.1, 0.15) is 50.7 Å². The molecule has 1 amide bonds. The largest absolute Gasteiger partial charge is 0.334 e. The van der Waals surface area contributed by atoms with Crippen LogP contribution in [-0.4, -0.2) is 22.7 Å². The molecule has 0 radical (unpaired) electrons. The standard InChI is InChI=1S/C16H20BrNOS2/c1-10-13-12-9-18(8-6-4-3-5-7-17)16(19)15(12)21-14(13)11(2)20-10/h3-9H2,1-2H3. The highest BCUT2D eigenvalue weighted by Crippen LogP contribution is 2.44. The maximum atomic E-state index is 12.5. The number of unbranched alkanes of at least 4 members (excludes halogenated alkanes) is 3. The fourth-order valence-corrected chi connectivity index (χ4v) is 6.00. The van der Waals surface area contributed by atoms with Crippen molar-refractivity contribution in [1.82, 2.24) is 4.90 Å². The molecule has 0 atom stereocenters. The first-order valence-electron chi connectivity index (χ1n) is 7.50. The molecule has 1 aliphatic heterocycles. The Labute approximate surface area is 142 Å². The molecule has 3 heterocycles. The molecular weight excluding hydrogens is 366 g/mol. The molecule has 0 aromatic carbocycles. The number of hydrogen-bond acceptors (Lipinski definition) is 3. The second kappa shape index (κ2) is 6.39. The maximum absolute atomic E-state index is 12.5. The lowest BCUT2D eigenvalue weighted by molar-refractivity contribution is 0.0779. The lowest BCUT2D eigenvalue weighted by Crippen LogP contribution is -2.24. The van der Waals surface area contributed by atoms with Crippen LogP contribution in [0.3, 0.4) is 0 Å². The Morgan fingerprint density at radius 2 is 1.86 bits per heavy atom. The third-order valence-corrected chi connectivity index (χ3v) is 7.18. The number of carbonyl (C=O) groups excluding carboxylic acids is 1. The molecule has 0 spiro atoms. The Morgan fingerprint density at radius 3 is 2.62 bits per heavy atom. The van der Waals surface area contributed by atoms with E-state index in [1.165, 1.54) is 44.7 Å². The lowest BCUT2D eigenvalue weighted by Gasteiger charge is -2.15. The number of rotatable bonds is 6. The van der Waals surface area contributed by atoms with Gasteiger partial charge in [-0.2, -0.15) is 0 Å². The number of nitrogens with zero attached hydrogens (tertiary/aromatic N) is 1. The van der Waals surface area contributed by atoms with E-state index in [1.54, 1.807) is 11.3 Å². The quantitative estimate of drug-likeness (QED) is 0.475. The molecule has 0 saturated heterocycles. The van der Waals surface area contributed by atoms with Crippen molar-refractivity contribution < 1.29 is 4.79 Å². The Hall–Kier alpha value is -0.390. The Bertz CT molecular complexity index is 673. The zero-order valence-corrected chi connectivity index (χ0v) is 15.7. The summed E-state index contributed by atoms with van der Waals surface area (Å²) in [5, 5.41) is 2.45. The van der Waals surface area contributed by atoms with Gasteiger partial charge < -0.3 is 4.90 Å². The van der Waals surface area contributed by atoms with Crippen molar-refractivity contribution in [2.24, 2.45) is 0 Å². The van der Waals surface area contributed by atoms with E-state index in [4.69, 9.17) is 0 Å². The molecule has 0 bridgehead atoms. The number of amides is 1. The number of aryl methyl sites for hydroxylation is 2. The monoisotopic (exact) mass is 385 g/mol. The van der Waals surface area contributed by atoms with Crippen LogP contribution in [0.5, 0.6) is 0 Å². The van der Waals surface area contributed by atoms with Gasteiger partial charge in [-0.05, 0) is 26.7 Å². The molecule has 0 fully saturated rings. The van der Waals surface area contributed by atoms with Gasteiger partial charge in [0.15, 0.2) is 0 Å². The van der Waals surface area contributed by atoms with Gasteiger partial charge in [0.1, 0.15) is 0 Å². The number of carbonyl (C=O) groups is 1. The van der Waals surface area contributed by atoms with E-state index >= 15 is 0 Å². The van der Waals surface area contributed by atoms with Gasteiger partial charge in [-0.1, -0.05) is 28.8 Å². The van der Waals surface area contributed by atoms with Crippen molar-refractivity contribution in [2.45, 2.75) is 46.1 Å². The first-order valence-corrected chi connectivity index (χ1v) is 10.3. The number of alkyl halides is 1. The van der Waals surface area contributed by atoms with Gasteiger partial charge in [0, 0.05) is 43.8 Å². The molecule has 1 aliphatic rings. The third-order valence-electron chi connectivity index (χ3n) is 4.13. The number of fused-ring (bicyclic) bond motifs is 3. The van der Waals surface area contributed by atoms with Crippen molar-refractivity contribution in [2.75, 3.05) is 11.9 Å². The van der Waals surface area contributed by atoms with E-state index in [2.05, 4.69) is 29.8 Å². The van der Waals surface area contributed by atoms with Gasteiger partial charge in [0.25, 0.3) is 5.91 Å². The lowest BCUT2D eigenvalue weighted by atomic mass is 10.2. The number of thiophene rings is 2. The van der Waals surface area contributed by atoms with Crippen LogP contribution in [0.2, 0.25) is 0 Å². The molecule has 5 heteroatoms. The molecule has 0 saturated carbocycles. The average Bonchev–Trinajstić information content (AvgIpc) is 3.05. The minimum Gasteiger partial charge on any atom is -0.334 e. The summed E-state index contributed by atoms with van der Waals surface area (Å²) in [6.07, 6.45) is 4.82. The smallest absolute Gasteiger partial charge is 0.264 e. The molecule has 3 rings (SSSR count). The zero-order chi connectivity index (χ0) is 15.0. The predicted molar refractivity (Wildman–Crippen MR) is 96.2 cm³/mol. The molecule has 21 heavy (non-hydrogen) atoms.